The molecule has 1 saturated carbocycles. The van der Waals surface area contributed by atoms with E-state index < -0.39 is 23.6 Å². The lowest BCUT2D eigenvalue weighted by molar-refractivity contribution is -0.137. The standard InChI is InChI=1S/C20H19F4N3O/c1-11-8-13(20(22,23)24)10-17(25-11)27-16-7-2-12(9-16)18(27)19(28)26-15-5-3-14(21)4-6-15/h3-6,8,10,12,16,18H,2,7,9H2,1H3,(H,26,28)/t12-,16+,18-/m0/s1. The highest BCUT2D eigenvalue weighted by atomic mass is 19.4. The van der Waals surface area contributed by atoms with Crippen molar-refractivity contribution in [3.63, 3.8) is 0 Å². The number of halogens is 4. The molecule has 0 radical (unpaired) electrons. The van der Waals surface area contributed by atoms with Gasteiger partial charge < -0.3 is 10.2 Å². The van der Waals surface area contributed by atoms with E-state index in [0.29, 0.717) is 5.69 Å². The Hall–Kier alpha value is -2.64. The smallest absolute Gasteiger partial charge is 0.341 e. The van der Waals surface area contributed by atoms with Gasteiger partial charge in [0.25, 0.3) is 0 Å². The van der Waals surface area contributed by atoms with Crippen LogP contribution in [-0.4, -0.2) is 23.0 Å². The number of aryl methyl sites for hydroxylation is 1. The number of fused-ring (bicyclic) bond motifs is 2. The van der Waals surface area contributed by atoms with E-state index in [1.807, 2.05) is 0 Å². The first-order valence-electron chi connectivity index (χ1n) is 9.13. The van der Waals surface area contributed by atoms with Gasteiger partial charge in [0.05, 0.1) is 5.56 Å². The molecule has 0 unspecified atom stereocenters. The van der Waals surface area contributed by atoms with Crippen LogP contribution in [0.3, 0.4) is 0 Å². The zero-order valence-electron chi connectivity index (χ0n) is 15.1. The van der Waals surface area contributed by atoms with E-state index in [9.17, 15) is 22.4 Å². The maximum Gasteiger partial charge on any atom is 0.416 e. The van der Waals surface area contributed by atoms with Crippen molar-refractivity contribution in [1.29, 1.82) is 0 Å². The summed E-state index contributed by atoms with van der Waals surface area (Å²) in [5.41, 5.74) is -0.0666. The predicted octanol–water partition coefficient (Wildman–Crippen LogP) is 4.54. The van der Waals surface area contributed by atoms with Crippen molar-refractivity contribution in [2.75, 3.05) is 10.2 Å². The summed E-state index contributed by atoms with van der Waals surface area (Å²) in [7, 11) is 0. The number of hydrogen-bond donors (Lipinski definition) is 1. The fourth-order valence-electron chi connectivity index (χ4n) is 4.35. The lowest BCUT2D eigenvalue weighted by atomic mass is 9.97. The van der Waals surface area contributed by atoms with Crippen molar-refractivity contribution in [3.05, 3.63) is 53.5 Å². The summed E-state index contributed by atoms with van der Waals surface area (Å²) in [6, 6.07) is 6.81. The van der Waals surface area contributed by atoms with Crippen LogP contribution in [0.5, 0.6) is 0 Å². The van der Waals surface area contributed by atoms with Gasteiger partial charge in [-0.3, -0.25) is 4.79 Å². The van der Waals surface area contributed by atoms with E-state index in [-0.39, 0.29) is 29.4 Å². The van der Waals surface area contributed by atoms with Gasteiger partial charge in [0.15, 0.2) is 0 Å². The first-order chi connectivity index (χ1) is 13.2. The second-order valence-corrected chi connectivity index (χ2v) is 7.43. The number of amides is 1. The van der Waals surface area contributed by atoms with Crippen LogP contribution < -0.4 is 10.2 Å². The molecule has 1 N–H and O–H groups in total. The van der Waals surface area contributed by atoms with Crippen molar-refractivity contribution in [3.8, 4) is 0 Å². The molecule has 2 bridgehead atoms. The Kier molecular flexibility index (Phi) is 4.51. The average Bonchev–Trinajstić information content (AvgIpc) is 3.23. The molecule has 1 aliphatic heterocycles. The molecular weight excluding hydrogens is 374 g/mol. The third-order valence-corrected chi connectivity index (χ3v) is 5.50. The highest BCUT2D eigenvalue weighted by Gasteiger charge is 2.50. The molecule has 1 saturated heterocycles. The van der Waals surface area contributed by atoms with E-state index in [0.717, 1.165) is 31.4 Å². The number of nitrogens with one attached hydrogen (secondary N) is 1. The van der Waals surface area contributed by atoms with Crippen LogP contribution in [0, 0.1) is 18.7 Å². The molecule has 2 aromatic rings. The number of nitrogens with zero attached hydrogens (tertiary/aromatic N) is 2. The summed E-state index contributed by atoms with van der Waals surface area (Å²) in [5.74, 6) is -0.486. The Morgan fingerprint density at radius 2 is 1.89 bits per heavy atom. The van der Waals surface area contributed by atoms with E-state index in [4.69, 9.17) is 0 Å². The van der Waals surface area contributed by atoms with Crippen molar-refractivity contribution in [2.24, 2.45) is 5.92 Å². The number of alkyl halides is 3. The summed E-state index contributed by atoms with van der Waals surface area (Å²) < 4.78 is 52.8. The summed E-state index contributed by atoms with van der Waals surface area (Å²) >= 11 is 0. The van der Waals surface area contributed by atoms with Crippen molar-refractivity contribution in [1.82, 2.24) is 4.98 Å². The number of hydrogen-bond acceptors (Lipinski definition) is 3. The first-order valence-corrected chi connectivity index (χ1v) is 9.13. The number of anilines is 2. The average molecular weight is 393 g/mol. The van der Waals surface area contributed by atoms with Crippen LogP contribution in [0.15, 0.2) is 36.4 Å². The normalized spacial score (nSPS) is 23.9. The van der Waals surface area contributed by atoms with Crippen LogP contribution in [0.25, 0.3) is 0 Å². The number of benzene rings is 1. The second-order valence-electron chi connectivity index (χ2n) is 7.43. The van der Waals surface area contributed by atoms with Crippen molar-refractivity contribution in [2.45, 2.75) is 44.4 Å². The number of carbonyl (C=O) groups is 1. The highest BCUT2D eigenvalue weighted by Crippen LogP contribution is 2.45. The molecular formula is C20H19F4N3O. The van der Waals surface area contributed by atoms with Gasteiger partial charge in [-0.1, -0.05) is 0 Å². The van der Waals surface area contributed by atoms with Crippen molar-refractivity contribution >= 4 is 17.4 Å². The second kappa shape index (κ2) is 6.76. The molecule has 0 spiro atoms. The van der Waals surface area contributed by atoms with E-state index in [1.165, 1.54) is 31.2 Å². The van der Waals surface area contributed by atoms with Gasteiger partial charge in [-0.15, -0.1) is 0 Å². The van der Waals surface area contributed by atoms with Gasteiger partial charge in [-0.05, 0) is 68.5 Å². The topological polar surface area (TPSA) is 45.2 Å². The Morgan fingerprint density at radius 1 is 1.18 bits per heavy atom. The number of aromatic nitrogens is 1. The molecule has 4 rings (SSSR count). The molecule has 1 aliphatic carbocycles. The quantitative estimate of drug-likeness (QED) is 0.779. The fourth-order valence-corrected chi connectivity index (χ4v) is 4.35. The van der Waals surface area contributed by atoms with Gasteiger partial charge in [0.1, 0.15) is 17.7 Å². The highest BCUT2D eigenvalue weighted by molar-refractivity contribution is 5.97. The number of rotatable bonds is 3. The van der Waals surface area contributed by atoms with Gasteiger partial charge in [-0.2, -0.15) is 13.2 Å². The molecule has 1 aromatic carbocycles. The zero-order chi connectivity index (χ0) is 20.1. The summed E-state index contributed by atoms with van der Waals surface area (Å²) in [4.78, 5) is 19.0. The summed E-state index contributed by atoms with van der Waals surface area (Å²) in [6.07, 6.45) is -2.06. The van der Waals surface area contributed by atoms with Crippen LogP contribution in [0.4, 0.5) is 29.1 Å². The SMILES string of the molecule is Cc1cc(C(F)(F)F)cc(N2[C@@H]3CC[C@@H](C3)[C@H]2C(=O)Nc2ccc(F)cc2)n1. The monoisotopic (exact) mass is 393 g/mol. The van der Waals surface area contributed by atoms with Crippen LogP contribution >= 0.6 is 0 Å². The molecule has 148 valence electrons. The first kappa shape index (κ1) is 18.7. The van der Waals surface area contributed by atoms with Crippen LogP contribution in [0.2, 0.25) is 0 Å². The van der Waals surface area contributed by atoms with E-state index >= 15 is 0 Å². The maximum atomic E-state index is 13.2. The van der Waals surface area contributed by atoms with Gasteiger partial charge in [-0.25, -0.2) is 9.37 Å². The number of pyridine rings is 1. The third kappa shape index (κ3) is 3.43. The molecule has 1 amide bonds. The Morgan fingerprint density at radius 3 is 2.57 bits per heavy atom. The molecule has 3 atom stereocenters. The third-order valence-electron chi connectivity index (χ3n) is 5.50. The minimum absolute atomic E-state index is 0.00986. The van der Waals surface area contributed by atoms with E-state index in [1.54, 1.807) is 4.90 Å². The molecule has 2 aliphatic rings. The number of carbonyl (C=O) groups excluding carboxylic acids is 1. The maximum absolute atomic E-state index is 13.2. The fraction of sp³-hybridized carbons (Fsp3) is 0.400. The molecule has 2 heterocycles. The predicted molar refractivity (Wildman–Crippen MR) is 96.4 cm³/mol. The molecule has 8 heteroatoms. The molecule has 1 aromatic heterocycles. The van der Waals surface area contributed by atoms with Gasteiger partial charge in [0, 0.05) is 17.4 Å². The van der Waals surface area contributed by atoms with Gasteiger partial charge >= 0.3 is 6.18 Å². The number of piperidine rings is 1. The molecule has 4 nitrogen and oxygen atoms in total. The summed E-state index contributed by atoms with van der Waals surface area (Å²) in [6.45, 7) is 1.51. The Bertz CT molecular complexity index is 897. The molecule has 28 heavy (non-hydrogen) atoms. The minimum atomic E-state index is -4.48. The summed E-state index contributed by atoms with van der Waals surface area (Å²) in [5, 5.41) is 2.76. The van der Waals surface area contributed by atoms with Gasteiger partial charge in [0.2, 0.25) is 5.91 Å². The largest absolute Gasteiger partial charge is 0.416 e. The van der Waals surface area contributed by atoms with Crippen molar-refractivity contribution < 1.29 is 22.4 Å². The lowest BCUT2D eigenvalue weighted by Crippen LogP contribution is -2.48. The Labute approximate surface area is 159 Å². The van der Waals surface area contributed by atoms with Crippen LogP contribution in [0.1, 0.15) is 30.5 Å². The van der Waals surface area contributed by atoms with Crippen LogP contribution in [-0.2, 0) is 11.0 Å². The Balaban J connectivity index is 1.65. The lowest BCUT2D eigenvalue weighted by Gasteiger charge is -2.35. The minimum Gasteiger partial charge on any atom is -0.341 e. The van der Waals surface area contributed by atoms with E-state index in [2.05, 4.69) is 10.3 Å². The molecule has 2 fully saturated rings. The zero-order valence-corrected chi connectivity index (χ0v) is 15.1.